The standard InChI is InChI=1S/C11H15ClN2O3S/c1-5-17-11(16)8-9(12)7(6-15)18(13-2)10(8)14(3)4/h6H,5H2,1-4H3. The Morgan fingerprint density at radius 3 is 2.56 bits per heavy atom. The largest absolute Gasteiger partial charge is 0.462 e. The van der Waals surface area contributed by atoms with Gasteiger partial charge in [0.1, 0.15) is 10.6 Å². The fraction of sp³-hybridized carbons (Fsp3) is 0.455. The Hall–Kier alpha value is -1.14. The Bertz CT molecular complexity index is 481. The van der Waals surface area contributed by atoms with E-state index in [0.717, 1.165) is 0 Å². The molecular weight excluding hydrogens is 276 g/mol. The van der Waals surface area contributed by atoms with Gasteiger partial charge in [0.2, 0.25) is 0 Å². The summed E-state index contributed by atoms with van der Waals surface area (Å²) in [5.74, 6) is -0.524. The number of hydrogen-bond acceptors (Lipinski definition) is 5. The number of rotatable bonds is 4. The summed E-state index contributed by atoms with van der Waals surface area (Å²) in [6, 6.07) is 0. The molecule has 0 radical (unpaired) electrons. The van der Waals surface area contributed by atoms with E-state index in [2.05, 4.69) is 4.36 Å². The molecule has 0 aromatic heterocycles. The number of nitrogens with zero attached hydrogens (tertiary/aromatic N) is 2. The van der Waals surface area contributed by atoms with Gasteiger partial charge in [0.25, 0.3) is 0 Å². The predicted molar refractivity (Wildman–Crippen MR) is 72.0 cm³/mol. The van der Waals surface area contributed by atoms with E-state index in [1.54, 1.807) is 33.0 Å². The molecule has 1 rings (SSSR count). The highest BCUT2D eigenvalue weighted by molar-refractivity contribution is 7.96. The Morgan fingerprint density at radius 1 is 1.56 bits per heavy atom. The molecule has 0 N–H and O–H groups in total. The maximum absolute atomic E-state index is 11.9. The molecule has 0 aromatic carbocycles. The summed E-state index contributed by atoms with van der Waals surface area (Å²) in [7, 11) is 4.33. The van der Waals surface area contributed by atoms with Crippen molar-refractivity contribution in [3.8, 4) is 0 Å². The molecule has 1 atom stereocenters. The third-order valence-electron chi connectivity index (χ3n) is 2.22. The molecule has 0 bridgehead atoms. The van der Waals surface area contributed by atoms with E-state index < -0.39 is 16.7 Å². The van der Waals surface area contributed by atoms with E-state index in [-0.39, 0.29) is 17.2 Å². The van der Waals surface area contributed by atoms with Crippen LogP contribution in [-0.2, 0) is 25.0 Å². The van der Waals surface area contributed by atoms with Gasteiger partial charge < -0.3 is 9.64 Å². The minimum Gasteiger partial charge on any atom is -0.462 e. The molecule has 1 aliphatic heterocycles. The van der Waals surface area contributed by atoms with Crippen LogP contribution in [-0.4, -0.2) is 44.9 Å². The average molecular weight is 291 g/mol. The van der Waals surface area contributed by atoms with Crippen LogP contribution in [0.1, 0.15) is 6.92 Å². The quantitative estimate of drug-likeness (QED) is 0.580. The summed E-state index contributed by atoms with van der Waals surface area (Å²) in [5, 5.41) is 0.754. The molecule has 0 fully saturated rings. The SMILES string of the molecule is CCOC(=O)C1=C(N(C)C)S(=NC)C(C=O)=C1Cl. The lowest BCUT2D eigenvalue weighted by Crippen LogP contribution is -2.19. The fourth-order valence-electron chi connectivity index (χ4n) is 1.56. The van der Waals surface area contributed by atoms with Gasteiger partial charge in [-0.05, 0) is 17.6 Å². The molecule has 100 valence electrons. The number of aldehydes is 1. The van der Waals surface area contributed by atoms with Crippen molar-refractivity contribution in [2.75, 3.05) is 27.7 Å². The number of carbonyl (C=O) groups excluding carboxylic acids is 2. The summed E-state index contributed by atoms with van der Waals surface area (Å²) in [5.41, 5.74) is 0.236. The summed E-state index contributed by atoms with van der Waals surface area (Å²) in [6.45, 7) is 1.96. The first-order valence-electron chi connectivity index (χ1n) is 5.27. The molecule has 1 heterocycles. The lowest BCUT2D eigenvalue weighted by molar-refractivity contribution is -0.138. The highest BCUT2D eigenvalue weighted by Crippen LogP contribution is 2.37. The number of ether oxygens (including phenoxy) is 1. The van der Waals surface area contributed by atoms with Crippen LogP contribution in [0.5, 0.6) is 0 Å². The molecule has 0 aromatic rings. The van der Waals surface area contributed by atoms with Crippen molar-refractivity contribution in [1.82, 2.24) is 4.90 Å². The minimum atomic E-state index is -0.815. The molecule has 1 aliphatic rings. The van der Waals surface area contributed by atoms with E-state index in [9.17, 15) is 9.59 Å². The lowest BCUT2D eigenvalue weighted by Gasteiger charge is -2.17. The van der Waals surface area contributed by atoms with Crippen LogP contribution in [0.4, 0.5) is 0 Å². The van der Waals surface area contributed by atoms with Crippen molar-refractivity contribution in [2.24, 2.45) is 4.36 Å². The second kappa shape index (κ2) is 6.15. The molecule has 0 spiro atoms. The Kier molecular flexibility index (Phi) is 5.10. The van der Waals surface area contributed by atoms with Gasteiger partial charge in [-0.25, -0.2) is 4.79 Å². The Balaban J connectivity index is 3.44. The first kappa shape index (κ1) is 14.9. The van der Waals surface area contributed by atoms with Crippen molar-refractivity contribution >= 4 is 34.5 Å². The average Bonchev–Trinajstić information content (AvgIpc) is 2.61. The van der Waals surface area contributed by atoms with Gasteiger partial charge in [-0.3, -0.25) is 9.16 Å². The monoisotopic (exact) mass is 290 g/mol. The van der Waals surface area contributed by atoms with Crippen molar-refractivity contribution in [3.05, 3.63) is 20.5 Å². The van der Waals surface area contributed by atoms with Crippen LogP contribution in [0.2, 0.25) is 0 Å². The van der Waals surface area contributed by atoms with Crippen molar-refractivity contribution in [1.29, 1.82) is 0 Å². The van der Waals surface area contributed by atoms with Crippen molar-refractivity contribution in [3.63, 3.8) is 0 Å². The zero-order valence-corrected chi connectivity index (χ0v) is 12.3. The van der Waals surface area contributed by atoms with Gasteiger partial charge in [-0.1, -0.05) is 11.6 Å². The molecule has 0 saturated carbocycles. The van der Waals surface area contributed by atoms with Crippen molar-refractivity contribution < 1.29 is 14.3 Å². The fourth-order valence-corrected chi connectivity index (χ4v) is 3.71. The molecule has 1 unspecified atom stereocenters. The summed E-state index contributed by atoms with van der Waals surface area (Å²) in [6.07, 6.45) is 0.647. The Labute approximate surface area is 114 Å². The number of esters is 1. The van der Waals surface area contributed by atoms with Crippen molar-refractivity contribution in [2.45, 2.75) is 6.92 Å². The summed E-state index contributed by atoms with van der Waals surface area (Å²) >= 11 is 6.10. The third kappa shape index (κ3) is 2.49. The van der Waals surface area contributed by atoms with Crippen LogP contribution >= 0.6 is 11.6 Å². The zero-order chi connectivity index (χ0) is 13.9. The Morgan fingerprint density at radius 2 is 2.17 bits per heavy atom. The van der Waals surface area contributed by atoms with E-state index in [1.807, 2.05) is 0 Å². The number of allylic oxidation sites excluding steroid dienone is 1. The van der Waals surface area contributed by atoms with E-state index in [4.69, 9.17) is 16.3 Å². The molecule has 5 nitrogen and oxygen atoms in total. The van der Waals surface area contributed by atoms with E-state index in [0.29, 0.717) is 16.2 Å². The molecule has 7 heteroatoms. The van der Waals surface area contributed by atoms with Crippen LogP contribution in [0.15, 0.2) is 24.9 Å². The third-order valence-corrected chi connectivity index (χ3v) is 4.74. The van der Waals surface area contributed by atoms with Gasteiger partial charge in [-0.15, -0.1) is 0 Å². The van der Waals surface area contributed by atoms with E-state index >= 15 is 0 Å². The van der Waals surface area contributed by atoms with Gasteiger partial charge in [0.05, 0.1) is 16.5 Å². The molecule has 18 heavy (non-hydrogen) atoms. The molecule has 0 aliphatic carbocycles. The highest BCUT2D eigenvalue weighted by atomic mass is 35.5. The number of carbonyl (C=O) groups is 2. The second-order valence-electron chi connectivity index (χ2n) is 3.56. The van der Waals surface area contributed by atoms with Gasteiger partial charge >= 0.3 is 5.97 Å². The first-order valence-corrected chi connectivity index (χ1v) is 6.83. The van der Waals surface area contributed by atoms with Crippen LogP contribution < -0.4 is 0 Å². The van der Waals surface area contributed by atoms with Crippen LogP contribution in [0, 0.1) is 0 Å². The first-order chi connectivity index (χ1) is 8.49. The maximum Gasteiger partial charge on any atom is 0.342 e. The molecule has 0 amide bonds. The maximum atomic E-state index is 11.9. The van der Waals surface area contributed by atoms with Crippen LogP contribution in [0.25, 0.3) is 0 Å². The van der Waals surface area contributed by atoms with Gasteiger partial charge in [-0.2, -0.15) is 0 Å². The molecule has 0 saturated heterocycles. The lowest BCUT2D eigenvalue weighted by atomic mass is 10.2. The summed E-state index contributed by atoms with van der Waals surface area (Å²) < 4.78 is 9.10. The normalized spacial score (nSPS) is 19.5. The predicted octanol–water partition coefficient (Wildman–Crippen LogP) is 1.42. The number of hydrogen-bond donors (Lipinski definition) is 0. The smallest absolute Gasteiger partial charge is 0.342 e. The van der Waals surface area contributed by atoms with Gasteiger partial charge in [0.15, 0.2) is 6.29 Å². The topological polar surface area (TPSA) is 59.0 Å². The van der Waals surface area contributed by atoms with E-state index in [1.165, 1.54) is 0 Å². The molecular formula is C11H15ClN2O3S. The number of halogens is 1. The zero-order valence-electron chi connectivity index (χ0n) is 10.7. The minimum absolute atomic E-state index is 0.140. The van der Waals surface area contributed by atoms with Crippen LogP contribution in [0.3, 0.4) is 0 Å². The second-order valence-corrected chi connectivity index (χ2v) is 5.70. The van der Waals surface area contributed by atoms with Gasteiger partial charge in [0, 0.05) is 21.1 Å². The highest BCUT2D eigenvalue weighted by Gasteiger charge is 2.34. The summed E-state index contributed by atoms with van der Waals surface area (Å²) in [4.78, 5) is 25.1.